The number of nitrogens with two attached hydrogens (primary N) is 1. The maximum absolute atomic E-state index is 5.89. The van der Waals surface area contributed by atoms with Crippen molar-refractivity contribution in [3.8, 4) is 11.8 Å². The van der Waals surface area contributed by atoms with Crippen LogP contribution in [0.25, 0.3) is 0 Å². The van der Waals surface area contributed by atoms with Crippen LogP contribution in [0.2, 0.25) is 0 Å². The molecule has 0 aromatic rings. The first-order valence-corrected chi connectivity index (χ1v) is 4.88. The van der Waals surface area contributed by atoms with E-state index < -0.39 is 0 Å². The molecule has 0 radical (unpaired) electrons. The van der Waals surface area contributed by atoms with Gasteiger partial charge in [-0.1, -0.05) is 0 Å². The van der Waals surface area contributed by atoms with Crippen molar-refractivity contribution in [3.63, 3.8) is 0 Å². The van der Waals surface area contributed by atoms with Crippen molar-refractivity contribution in [2.45, 2.75) is 51.7 Å². The first kappa shape index (κ1) is 12.5. The van der Waals surface area contributed by atoms with Gasteiger partial charge in [0.1, 0.15) is 0 Å². The lowest BCUT2D eigenvalue weighted by Crippen LogP contribution is -2.21. The number of rotatable bonds is 6. The molecular weight excluding hydrogens is 162 g/mol. The van der Waals surface area contributed by atoms with Crippen molar-refractivity contribution in [2.75, 3.05) is 7.11 Å². The van der Waals surface area contributed by atoms with Crippen LogP contribution in [0.4, 0.5) is 0 Å². The van der Waals surface area contributed by atoms with E-state index in [9.17, 15) is 0 Å². The molecule has 0 heterocycles. The van der Waals surface area contributed by atoms with E-state index in [1.807, 2.05) is 6.92 Å². The van der Waals surface area contributed by atoms with E-state index in [-0.39, 0.29) is 6.04 Å². The predicted molar refractivity (Wildman–Crippen MR) is 56.4 cm³/mol. The molecule has 0 aromatic heterocycles. The van der Waals surface area contributed by atoms with E-state index in [1.54, 1.807) is 7.11 Å². The van der Waals surface area contributed by atoms with Gasteiger partial charge in [-0.2, -0.15) is 0 Å². The van der Waals surface area contributed by atoms with E-state index in [0.717, 1.165) is 25.7 Å². The van der Waals surface area contributed by atoms with E-state index in [2.05, 4.69) is 18.8 Å². The Morgan fingerprint density at radius 1 is 1.31 bits per heavy atom. The van der Waals surface area contributed by atoms with Gasteiger partial charge in [0, 0.05) is 19.6 Å². The zero-order valence-electron chi connectivity index (χ0n) is 8.97. The summed E-state index contributed by atoms with van der Waals surface area (Å²) in [4.78, 5) is 0. The van der Waals surface area contributed by atoms with Gasteiger partial charge >= 0.3 is 0 Å². The quantitative estimate of drug-likeness (QED) is 0.639. The van der Waals surface area contributed by atoms with Gasteiger partial charge in [-0.3, -0.25) is 0 Å². The van der Waals surface area contributed by atoms with E-state index in [1.165, 1.54) is 0 Å². The van der Waals surface area contributed by atoms with E-state index in [4.69, 9.17) is 10.5 Å². The highest BCUT2D eigenvalue weighted by atomic mass is 16.5. The number of methoxy groups -OCH3 is 1. The van der Waals surface area contributed by atoms with Gasteiger partial charge in [0.05, 0.1) is 6.10 Å². The summed E-state index contributed by atoms with van der Waals surface area (Å²) in [7, 11) is 1.73. The van der Waals surface area contributed by atoms with Crippen molar-refractivity contribution in [1.29, 1.82) is 0 Å². The van der Waals surface area contributed by atoms with Crippen molar-refractivity contribution in [1.82, 2.24) is 0 Å². The molecule has 76 valence electrons. The summed E-state index contributed by atoms with van der Waals surface area (Å²) in [6.45, 7) is 3.93. The van der Waals surface area contributed by atoms with Gasteiger partial charge in [0.2, 0.25) is 0 Å². The predicted octanol–water partition coefficient (Wildman–Crippen LogP) is 1.93. The van der Waals surface area contributed by atoms with Crippen molar-refractivity contribution >= 4 is 0 Å². The molecule has 0 fully saturated rings. The number of hydrogen-bond acceptors (Lipinski definition) is 2. The summed E-state index contributed by atoms with van der Waals surface area (Å²) in [5.74, 6) is 5.89. The molecule has 2 unspecified atom stereocenters. The van der Waals surface area contributed by atoms with Gasteiger partial charge in [-0.15, -0.1) is 11.8 Å². The standard InChI is InChI=1S/C11H21NO/c1-4-5-6-7-11(12)9-8-10(2)13-3/h10-11H,6-9,12H2,1-3H3. The van der Waals surface area contributed by atoms with Gasteiger partial charge in [-0.25, -0.2) is 0 Å². The van der Waals surface area contributed by atoms with Crippen LogP contribution in [0.15, 0.2) is 0 Å². The van der Waals surface area contributed by atoms with Crippen LogP contribution >= 0.6 is 0 Å². The molecule has 0 aliphatic heterocycles. The highest BCUT2D eigenvalue weighted by Gasteiger charge is 2.04. The van der Waals surface area contributed by atoms with Crippen LogP contribution < -0.4 is 5.73 Å². The molecule has 0 saturated carbocycles. The zero-order chi connectivity index (χ0) is 10.1. The molecule has 2 nitrogen and oxygen atoms in total. The Kier molecular flexibility index (Phi) is 7.77. The normalized spacial score (nSPS) is 14.5. The maximum Gasteiger partial charge on any atom is 0.0543 e. The van der Waals surface area contributed by atoms with Gasteiger partial charge < -0.3 is 10.5 Å². The highest BCUT2D eigenvalue weighted by molar-refractivity contribution is 4.95. The lowest BCUT2D eigenvalue weighted by molar-refractivity contribution is 0.107. The average molecular weight is 183 g/mol. The SMILES string of the molecule is CC#CCCC(N)CCC(C)OC. The summed E-state index contributed by atoms with van der Waals surface area (Å²) in [5, 5.41) is 0. The molecule has 0 spiro atoms. The molecule has 0 amide bonds. The molecule has 0 bridgehead atoms. The summed E-state index contributed by atoms with van der Waals surface area (Å²) < 4.78 is 5.14. The summed E-state index contributed by atoms with van der Waals surface area (Å²) >= 11 is 0. The second kappa shape index (κ2) is 8.10. The summed E-state index contributed by atoms with van der Waals surface area (Å²) in [6, 6.07) is 0.276. The van der Waals surface area contributed by atoms with Crippen LogP contribution in [0, 0.1) is 11.8 Å². The van der Waals surface area contributed by atoms with Crippen molar-refractivity contribution in [3.05, 3.63) is 0 Å². The molecule has 0 aliphatic rings. The number of hydrogen-bond donors (Lipinski definition) is 1. The second-order valence-corrected chi connectivity index (χ2v) is 3.35. The Labute approximate surface area is 81.8 Å². The smallest absolute Gasteiger partial charge is 0.0543 e. The fourth-order valence-electron chi connectivity index (χ4n) is 1.09. The van der Waals surface area contributed by atoms with E-state index in [0.29, 0.717) is 6.10 Å². The van der Waals surface area contributed by atoms with Gasteiger partial charge in [-0.05, 0) is 33.1 Å². The molecular formula is C11H21NO. The molecule has 2 N–H and O–H groups in total. The summed E-state index contributed by atoms with van der Waals surface area (Å²) in [6.07, 6.45) is 4.30. The lowest BCUT2D eigenvalue weighted by atomic mass is 10.1. The fraction of sp³-hybridized carbons (Fsp3) is 0.818. The molecule has 2 heteroatoms. The molecule has 0 aliphatic carbocycles. The Hall–Kier alpha value is -0.520. The minimum absolute atomic E-state index is 0.276. The topological polar surface area (TPSA) is 35.2 Å². The van der Waals surface area contributed by atoms with Crippen molar-refractivity contribution in [2.24, 2.45) is 5.73 Å². The molecule has 0 saturated heterocycles. The summed E-state index contributed by atoms with van der Waals surface area (Å²) in [5.41, 5.74) is 5.89. The maximum atomic E-state index is 5.89. The molecule has 2 atom stereocenters. The fourth-order valence-corrected chi connectivity index (χ4v) is 1.09. The van der Waals surface area contributed by atoms with Gasteiger partial charge in [0.25, 0.3) is 0 Å². The molecule has 0 aromatic carbocycles. The highest BCUT2D eigenvalue weighted by Crippen LogP contribution is 2.06. The van der Waals surface area contributed by atoms with Crippen LogP contribution in [-0.4, -0.2) is 19.3 Å². The molecule has 13 heavy (non-hydrogen) atoms. The Bertz CT molecular complexity index is 169. The third-order valence-corrected chi connectivity index (χ3v) is 2.16. The Morgan fingerprint density at radius 2 is 2.00 bits per heavy atom. The van der Waals surface area contributed by atoms with Crippen LogP contribution in [0.5, 0.6) is 0 Å². The lowest BCUT2D eigenvalue weighted by Gasteiger charge is -2.13. The second-order valence-electron chi connectivity index (χ2n) is 3.35. The first-order chi connectivity index (χ1) is 6.20. The van der Waals surface area contributed by atoms with Crippen LogP contribution in [0.3, 0.4) is 0 Å². The first-order valence-electron chi connectivity index (χ1n) is 4.88. The van der Waals surface area contributed by atoms with Crippen LogP contribution in [-0.2, 0) is 4.74 Å². The third kappa shape index (κ3) is 7.83. The minimum Gasteiger partial charge on any atom is -0.382 e. The van der Waals surface area contributed by atoms with E-state index >= 15 is 0 Å². The average Bonchev–Trinajstić information content (AvgIpc) is 2.14. The zero-order valence-corrected chi connectivity index (χ0v) is 8.97. The van der Waals surface area contributed by atoms with Crippen LogP contribution in [0.1, 0.15) is 39.5 Å². The Morgan fingerprint density at radius 3 is 2.54 bits per heavy atom. The van der Waals surface area contributed by atoms with Gasteiger partial charge in [0.15, 0.2) is 0 Å². The number of ether oxygens (including phenoxy) is 1. The Balaban J connectivity index is 3.37. The largest absolute Gasteiger partial charge is 0.382 e. The third-order valence-electron chi connectivity index (χ3n) is 2.16. The molecule has 0 rings (SSSR count). The monoisotopic (exact) mass is 183 g/mol. The minimum atomic E-state index is 0.276. The van der Waals surface area contributed by atoms with Crippen molar-refractivity contribution < 1.29 is 4.74 Å².